The minimum absolute atomic E-state index is 0.0654. The summed E-state index contributed by atoms with van der Waals surface area (Å²) in [5, 5.41) is 8.92. The van der Waals surface area contributed by atoms with E-state index in [4.69, 9.17) is 0 Å². The summed E-state index contributed by atoms with van der Waals surface area (Å²) in [5.74, 6) is 0.491. The standard InChI is InChI=1S/C16H20N4OS/c1-12(13-6-4-3-5-7-13)19(2)15(21)10-22-16-18-17-11-20(16)14-8-9-14/h3-7,11-12,14H,8-10H2,1-2H3. The third-order valence-corrected chi connectivity index (χ3v) is 5.00. The number of amides is 1. The minimum Gasteiger partial charge on any atom is -0.338 e. The quantitative estimate of drug-likeness (QED) is 0.769. The van der Waals surface area contributed by atoms with Crippen LogP contribution in [-0.4, -0.2) is 38.4 Å². The number of nitrogens with zero attached hydrogens (tertiary/aromatic N) is 4. The van der Waals surface area contributed by atoms with Gasteiger partial charge in [-0.3, -0.25) is 4.79 Å². The van der Waals surface area contributed by atoms with Gasteiger partial charge in [-0.1, -0.05) is 42.1 Å². The first-order chi connectivity index (χ1) is 10.7. The zero-order valence-electron chi connectivity index (χ0n) is 12.8. The maximum absolute atomic E-state index is 12.4. The van der Waals surface area contributed by atoms with E-state index in [2.05, 4.69) is 14.8 Å². The van der Waals surface area contributed by atoms with Crippen LogP contribution in [0.15, 0.2) is 41.8 Å². The van der Waals surface area contributed by atoms with Gasteiger partial charge in [-0.15, -0.1) is 10.2 Å². The van der Waals surface area contributed by atoms with E-state index in [-0.39, 0.29) is 11.9 Å². The second-order valence-corrected chi connectivity index (χ2v) is 6.57. The van der Waals surface area contributed by atoms with E-state index in [1.807, 2.05) is 44.3 Å². The van der Waals surface area contributed by atoms with Crippen LogP contribution in [0.4, 0.5) is 0 Å². The van der Waals surface area contributed by atoms with Gasteiger partial charge in [0.25, 0.3) is 0 Å². The van der Waals surface area contributed by atoms with Crippen LogP contribution >= 0.6 is 11.8 Å². The van der Waals surface area contributed by atoms with Crippen LogP contribution in [0.25, 0.3) is 0 Å². The Balaban J connectivity index is 1.58. The van der Waals surface area contributed by atoms with E-state index in [1.54, 1.807) is 11.2 Å². The lowest BCUT2D eigenvalue weighted by molar-refractivity contribution is -0.128. The van der Waals surface area contributed by atoms with Crippen molar-refractivity contribution >= 4 is 17.7 Å². The van der Waals surface area contributed by atoms with Crippen LogP contribution in [0, 0.1) is 0 Å². The van der Waals surface area contributed by atoms with E-state index < -0.39 is 0 Å². The maximum Gasteiger partial charge on any atom is 0.233 e. The van der Waals surface area contributed by atoms with Gasteiger partial charge in [-0.2, -0.15) is 0 Å². The molecule has 1 amide bonds. The smallest absolute Gasteiger partial charge is 0.233 e. The van der Waals surface area contributed by atoms with Gasteiger partial charge < -0.3 is 9.47 Å². The Morgan fingerprint density at radius 2 is 2.14 bits per heavy atom. The molecule has 1 aromatic carbocycles. The molecule has 1 heterocycles. The van der Waals surface area contributed by atoms with Gasteiger partial charge in [0.2, 0.25) is 5.91 Å². The zero-order valence-corrected chi connectivity index (χ0v) is 13.7. The average Bonchev–Trinajstić information content (AvgIpc) is 3.30. The number of aromatic nitrogens is 3. The summed E-state index contributed by atoms with van der Waals surface area (Å²) < 4.78 is 2.08. The molecule has 3 rings (SSSR count). The van der Waals surface area contributed by atoms with E-state index >= 15 is 0 Å². The molecule has 1 aromatic heterocycles. The molecule has 22 heavy (non-hydrogen) atoms. The molecule has 1 atom stereocenters. The SMILES string of the molecule is CC(c1ccccc1)N(C)C(=O)CSc1nncn1C1CC1. The van der Waals surface area contributed by atoms with Gasteiger partial charge in [0.1, 0.15) is 6.33 Å². The normalized spacial score (nSPS) is 15.5. The monoisotopic (exact) mass is 316 g/mol. The Morgan fingerprint density at radius 3 is 2.82 bits per heavy atom. The lowest BCUT2D eigenvalue weighted by Crippen LogP contribution is -2.31. The predicted octanol–water partition coefficient (Wildman–Crippen LogP) is 2.92. The second kappa shape index (κ2) is 6.52. The number of rotatable bonds is 6. The summed E-state index contributed by atoms with van der Waals surface area (Å²) in [4.78, 5) is 14.2. The number of benzene rings is 1. The van der Waals surface area contributed by atoms with Crippen molar-refractivity contribution in [2.45, 2.75) is 37.0 Å². The molecule has 0 saturated heterocycles. The fourth-order valence-electron chi connectivity index (χ4n) is 2.34. The topological polar surface area (TPSA) is 51.0 Å². The fourth-order valence-corrected chi connectivity index (χ4v) is 3.24. The van der Waals surface area contributed by atoms with Crippen molar-refractivity contribution in [1.82, 2.24) is 19.7 Å². The summed E-state index contributed by atoms with van der Waals surface area (Å²) in [6.45, 7) is 2.05. The fraction of sp³-hybridized carbons (Fsp3) is 0.438. The highest BCUT2D eigenvalue weighted by atomic mass is 32.2. The van der Waals surface area contributed by atoms with E-state index in [9.17, 15) is 4.79 Å². The average molecular weight is 316 g/mol. The first kappa shape index (κ1) is 15.1. The largest absolute Gasteiger partial charge is 0.338 e. The van der Waals surface area contributed by atoms with Crippen LogP contribution < -0.4 is 0 Å². The number of carbonyl (C=O) groups excluding carboxylic acids is 1. The van der Waals surface area contributed by atoms with E-state index in [1.165, 1.54) is 24.6 Å². The third-order valence-electron chi connectivity index (χ3n) is 4.06. The van der Waals surface area contributed by atoms with Crippen LogP contribution in [0.1, 0.15) is 37.4 Å². The predicted molar refractivity (Wildman–Crippen MR) is 86.6 cm³/mol. The Morgan fingerprint density at radius 1 is 1.41 bits per heavy atom. The van der Waals surface area contributed by atoms with Crippen molar-refractivity contribution in [3.8, 4) is 0 Å². The molecular formula is C16H20N4OS. The number of thioether (sulfide) groups is 1. The highest BCUT2D eigenvalue weighted by Crippen LogP contribution is 2.37. The number of carbonyl (C=O) groups is 1. The summed E-state index contributed by atoms with van der Waals surface area (Å²) in [7, 11) is 1.85. The van der Waals surface area contributed by atoms with Crippen molar-refractivity contribution in [3.05, 3.63) is 42.2 Å². The van der Waals surface area contributed by atoms with Crippen molar-refractivity contribution in [2.24, 2.45) is 0 Å². The Bertz CT molecular complexity index is 639. The second-order valence-electron chi connectivity index (χ2n) is 5.63. The van der Waals surface area contributed by atoms with Crippen LogP contribution in [0.5, 0.6) is 0 Å². The molecule has 0 N–H and O–H groups in total. The lowest BCUT2D eigenvalue weighted by atomic mass is 10.1. The van der Waals surface area contributed by atoms with Crippen molar-refractivity contribution < 1.29 is 4.79 Å². The summed E-state index contributed by atoms with van der Waals surface area (Å²) in [6.07, 6.45) is 4.13. The van der Waals surface area contributed by atoms with E-state index in [0.29, 0.717) is 11.8 Å². The number of hydrogen-bond donors (Lipinski definition) is 0. The first-order valence-corrected chi connectivity index (χ1v) is 8.48. The highest BCUT2D eigenvalue weighted by Gasteiger charge is 2.27. The van der Waals surface area contributed by atoms with Crippen LogP contribution in [0.3, 0.4) is 0 Å². The molecule has 0 bridgehead atoms. The molecule has 1 unspecified atom stereocenters. The summed E-state index contributed by atoms with van der Waals surface area (Å²) >= 11 is 1.47. The maximum atomic E-state index is 12.4. The van der Waals surface area contributed by atoms with Gasteiger partial charge in [-0.25, -0.2) is 0 Å². The van der Waals surface area contributed by atoms with Gasteiger partial charge >= 0.3 is 0 Å². The molecular weight excluding hydrogens is 296 g/mol. The Labute approximate surface area is 134 Å². The molecule has 6 heteroatoms. The highest BCUT2D eigenvalue weighted by molar-refractivity contribution is 7.99. The van der Waals surface area contributed by atoms with Gasteiger partial charge in [0.05, 0.1) is 11.8 Å². The van der Waals surface area contributed by atoms with Gasteiger partial charge in [0.15, 0.2) is 5.16 Å². The molecule has 0 aliphatic heterocycles. The zero-order chi connectivity index (χ0) is 15.5. The Hall–Kier alpha value is -1.82. The number of hydrogen-bond acceptors (Lipinski definition) is 4. The molecule has 1 aliphatic carbocycles. The lowest BCUT2D eigenvalue weighted by Gasteiger charge is -2.25. The molecule has 116 valence electrons. The van der Waals surface area contributed by atoms with Crippen LogP contribution in [-0.2, 0) is 4.79 Å². The minimum atomic E-state index is 0.0654. The molecule has 0 radical (unpaired) electrons. The van der Waals surface area contributed by atoms with Crippen LogP contribution in [0.2, 0.25) is 0 Å². The molecule has 5 nitrogen and oxygen atoms in total. The van der Waals surface area contributed by atoms with Crippen molar-refractivity contribution in [3.63, 3.8) is 0 Å². The molecule has 1 aliphatic rings. The van der Waals surface area contributed by atoms with E-state index in [0.717, 1.165) is 10.7 Å². The Kier molecular flexibility index (Phi) is 4.47. The van der Waals surface area contributed by atoms with Gasteiger partial charge in [-0.05, 0) is 25.3 Å². The molecule has 0 spiro atoms. The van der Waals surface area contributed by atoms with Gasteiger partial charge in [0, 0.05) is 13.1 Å². The van der Waals surface area contributed by atoms with Crippen molar-refractivity contribution in [1.29, 1.82) is 0 Å². The first-order valence-electron chi connectivity index (χ1n) is 7.49. The van der Waals surface area contributed by atoms with Crippen molar-refractivity contribution in [2.75, 3.05) is 12.8 Å². The third kappa shape index (κ3) is 3.32. The molecule has 1 fully saturated rings. The molecule has 1 saturated carbocycles. The summed E-state index contributed by atoms with van der Waals surface area (Å²) in [5.41, 5.74) is 1.14. The summed E-state index contributed by atoms with van der Waals surface area (Å²) in [6, 6.07) is 10.7. The molecule has 2 aromatic rings.